The molecule has 3 aromatic rings. The van der Waals surface area contributed by atoms with Crippen LogP contribution in [0.3, 0.4) is 0 Å². The van der Waals surface area contributed by atoms with Gasteiger partial charge in [0.1, 0.15) is 0 Å². The molecule has 18 heavy (non-hydrogen) atoms. The molecule has 1 unspecified atom stereocenters. The number of aryl methyl sites for hydroxylation is 1. The number of rotatable bonds is 2. The summed E-state index contributed by atoms with van der Waals surface area (Å²) in [5.41, 5.74) is 8.57. The van der Waals surface area contributed by atoms with Crippen molar-refractivity contribution in [3.8, 4) is 0 Å². The predicted molar refractivity (Wildman–Crippen MR) is 72.2 cm³/mol. The monoisotopic (exact) mass is 241 g/mol. The third-order valence-electron chi connectivity index (χ3n) is 3.44. The second-order valence-corrected chi connectivity index (χ2v) is 4.48. The Bertz CT molecular complexity index is 717. The van der Waals surface area contributed by atoms with Gasteiger partial charge in [0.25, 0.3) is 0 Å². The van der Waals surface area contributed by atoms with E-state index in [1.807, 2.05) is 37.5 Å². The summed E-state index contributed by atoms with van der Waals surface area (Å²) in [4.78, 5) is 4.17. The Morgan fingerprint density at radius 3 is 2.89 bits per heavy atom. The van der Waals surface area contributed by atoms with Gasteiger partial charge in [-0.15, -0.1) is 0 Å². The van der Waals surface area contributed by atoms with E-state index in [0.29, 0.717) is 0 Å². The molecule has 3 rings (SSSR count). The number of aliphatic hydroxyl groups excluding tert-OH is 1. The summed E-state index contributed by atoms with van der Waals surface area (Å²) < 4.78 is 2.11. The zero-order valence-corrected chi connectivity index (χ0v) is 10.2. The van der Waals surface area contributed by atoms with E-state index in [1.165, 1.54) is 0 Å². The molecular weight excluding hydrogens is 226 g/mol. The number of hydrogen-bond donors (Lipinski definition) is 2. The van der Waals surface area contributed by atoms with Crippen LogP contribution in [-0.4, -0.2) is 21.2 Å². The molecule has 0 radical (unpaired) electrons. The van der Waals surface area contributed by atoms with Crippen molar-refractivity contribution >= 4 is 21.8 Å². The SMILES string of the molecule is Cn1c2ccncc2c2ccc(C(O)CN)cc21. The molecule has 0 saturated carbocycles. The third-order valence-corrected chi connectivity index (χ3v) is 3.44. The normalized spacial score (nSPS) is 13.3. The highest BCUT2D eigenvalue weighted by Crippen LogP contribution is 2.29. The first-order chi connectivity index (χ1) is 8.72. The van der Waals surface area contributed by atoms with Crippen LogP contribution in [0.1, 0.15) is 11.7 Å². The third kappa shape index (κ3) is 1.50. The second-order valence-electron chi connectivity index (χ2n) is 4.48. The van der Waals surface area contributed by atoms with Crippen molar-refractivity contribution in [1.29, 1.82) is 0 Å². The minimum Gasteiger partial charge on any atom is -0.387 e. The Labute approximate surface area is 105 Å². The van der Waals surface area contributed by atoms with Crippen LogP contribution >= 0.6 is 0 Å². The average Bonchev–Trinajstić information content (AvgIpc) is 2.72. The molecule has 1 aromatic carbocycles. The molecule has 0 saturated heterocycles. The second kappa shape index (κ2) is 4.08. The summed E-state index contributed by atoms with van der Waals surface area (Å²) in [6, 6.07) is 7.93. The lowest BCUT2D eigenvalue weighted by Crippen LogP contribution is -2.11. The number of pyridine rings is 1. The van der Waals surface area contributed by atoms with Gasteiger partial charge in [-0.3, -0.25) is 4.98 Å². The summed E-state index contributed by atoms with van der Waals surface area (Å²) in [5, 5.41) is 12.1. The van der Waals surface area contributed by atoms with Gasteiger partial charge >= 0.3 is 0 Å². The van der Waals surface area contributed by atoms with Crippen LogP contribution in [0.4, 0.5) is 0 Å². The maximum Gasteiger partial charge on any atom is 0.0912 e. The quantitative estimate of drug-likeness (QED) is 0.718. The Kier molecular flexibility index (Phi) is 2.54. The zero-order valence-electron chi connectivity index (χ0n) is 10.2. The maximum absolute atomic E-state index is 9.81. The number of nitrogens with zero attached hydrogens (tertiary/aromatic N) is 2. The van der Waals surface area contributed by atoms with Crippen LogP contribution in [0, 0.1) is 0 Å². The largest absolute Gasteiger partial charge is 0.387 e. The van der Waals surface area contributed by atoms with Crippen molar-refractivity contribution in [2.24, 2.45) is 12.8 Å². The molecule has 0 aliphatic heterocycles. The van der Waals surface area contributed by atoms with E-state index in [9.17, 15) is 5.11 Å². The molecule has 2 aromatic heterocycles. The minimum atomic E-state index is -0.606. The summed E-state index contributed by atoms with van der Waals surface area (Å²) in [7, 11) is 2.02. The van der Waals surface area contributed by atoms with Gasteiger partial charge in [0.05, 0.1) is 11.6 Å². The standard InChI is InChI=1S/C14H15N3O/c1-17-12-4-5-16-8-11(12)10-3-2-9(6-13(10)17)14(18)7-15/h2-6,8,14,18H,7,15H2,1H3. The van der Waals surface area contributed by atoms with Gasteiger partial charge in [-0.25, -0.2) is 0 Å². The van der Waals surface area contributed by atoms with Crippen molar-refractivity contribution in [1.82, 2.24) is 9.55 Å². The van der Waals surface area contributed by atoms with Crippen molar-refractivity contribution in [3.63, 3.8) is 0 Å². The molecular formula is C14H15N3O. The van der Waals surface area contributed by atoms with E-state index >= 15 is 0 Å². The first kappa shape index (κ1) is 11.2. The van der Waals surface area contributed by atoms with E-state index in [0.717, 1.165) is 27.4 Å². The highest BCUT2D eigenvalue weighted by atomic mass is 16.3. The van der Waals surface area contributed by atoms with E-state index in [1.54, 1.807) is 6.20 Å². The molecule has 3 N–H and O–H groups in total. The molecule has 0 aliphatic carbocycles. The van der Waals surface area contributed by atoms with Gasteiger partial charge in [0.2, 0.25) is 0 Å². The number of fused-ring (bicyclic) bond motifs is 3. The Morgan fingerprint density at radius 1 is 1.28 bits per heavy atom. The maximum atomic E-state index is 9.81. The molecule has 0 bridgehead atoms. The predicted octanol–water partition coefficient (Wildman–Crippen LogP) is 1.72. The van der Waals surface area contributed by atoms with Gasteiger partial charge in [-0.1, -0.05) is 12.1 Å². The summed E-state index contributed by atoms with van der Waals surface area (Å²) in [6.45, 7) is 0.233. The lowest BCUT2D eigenvalue weighted by Gasteiger charge is -2.08. The van der Waals surface area contributed by atoms with Crippen molar-refractivity contribution in [2.75, 3.05) is 6.54 Å². The van der Waals surface area contributed by atoms with Crippen LogP contribution in [0.5, 0.6) is 0 Å². The smallest absolute Gasteiger partial charge is 0.0912 e. The summed E-state index contributed by atoms with van der Waals surface area (Å²) >= 11 is 0. The molecule has 0 aliphatic rings. The molecule has 0 fully saturated rings. The molecule has 0 spiro atoms. The van der Waals surface area contributed by atoms with Crippen LogP contribution in [-0.2, 0) is 7.05 Å². The molecule has 1 atom stereocenters. The molecule has 2 heterocycles. The fourth-order valence-corrected chi connectivity index (χ4v) is 2.41. The Hall–Kier alpha value is -1.91. The number of benzene rings is 1. The number of aromatic nitrogens is 2. The first-order valence-corrected chi connectivity index (χ1v) is 5.92. The van der Waals surface area contributed by atoms with E-state index < -0.39 is 6.10 Å². The fraction of sp³-hybridized carbons (Fsp3) is 0.214. The number of nitrogens with two attached hydrogens (primary N) is 1. The summed E-state index contributed by atoms with van der Waals surface area (Å²) in [5.74, 6) is 0. The lowest BCUT2D eigenvalue weighted by atomic mass is 10.1. The Morgan fingerprint density at radius 2 is 2.11 bits per heavy atom. The van der Waals surface area contributed by atoms with Gasteiger partial charge in [0.15, 0.2) is 0 Å². The van der Waals surface area contributed by atoms with Crippen molar-refractivity contribution < 1.29 is 5.11 Å². The number of aliphatic hydroxyl groups is 1. The number of hydrogen-bond acceptors (Lipinski definition) is 3. The van der Waals surface area contributed by atoms with Gasteiger partial charge in [0, 0.05) is 42.3 Å². The molecule has 4 nitrogen and oxygen atoms in total. The van der Waals surface area contributed by atoms with E-state index in [4.69, 9.17) is 5.73 Å². The van der Waals surface area contributed by atoms with Crippen LogP contribution in [0.2, 0.25) is 0 Å². The molecule has 4 heteroatoms. The van der Waals surface area contributed by atoms with E-state index in [-0.39, 0.29) is 6.54 Å². The summed E-state index contributed by atoms with van der Waals surface area (Å²) in [6.07, 6.45) is 3.05. The lowest BCUT2D eigenvalue weighted by molar-refractivity contribution is 0.187. The first-order valence-electron chi connectivity index (χ1n) is 5.92. The fourth-order valence-electron chi connectivity index (χ4n) is 2.41. The van der Waals surface area contributed by atoms with Gasteiger partial charge in [-0.2, -0.15) is 0 Å². The Balaban J connectivity index is 2.35. The average molecular weight is 241 g/mol. The highest BCUT2D eigenvalue weighted by molar-refractivity contribution is 6.07. The van der Waals surface area contributed by atoms with E-state index in [2.05, 4.69) is 9.55 Å². The van der Waals surface area contributed by atoms with Gasteiger partial charge < -0.3 is 15.4 Å². The minimum absolute atomic E-state index is 0.233. The molecule has 92 valence electrons. The molecule has 0 amide bonds. The topological polar surface area (TPSA) is 64.1 Å². The highest BCUT2D eigenvalue weighted by Gasteiger charge is 2.11. The van der Waals surface area contributed by atoms with Gasteiger partial charge in [-0.05, 0) is 17.7 Å². The van der Waals surface area contributed by atoms with Crippen LogP contribution in [0.15, 0.2) is 36.7 Å². The van der Waals surface area contributed by atoms with Crippen molar-refractivity contribution in [3.05, 3.63) is 42.2 Å². The van der Waals surface area contributed by atoms with Crippen molar-refractivity contribution in [2.45, 2.75) is 6.10 Å². The zero-order chi connectivity index (χ0) is 12.7. The van der Waals surface area contributed by atoms with Crippen LogP contribution < -0.4 is 5.73 Å². The van der Waals surface area contributed by atoms with Crippen LogP contribution in [0.25, 0.3) is 21.8 Å².